The van der Waals surface area contributed by atoms with Crippen LogP contribution in [0.25, 0.3) is 0 Å². The van der Waals surface area contributed by atoms with E-state index in [1.165, 1.54) is 7.11 Å². The van der Waals surface area contributed by atoms with E-state index in [1.54, 1.807) is 24.3 Å². The number of nitrogens with one attached hydrogen (secondary N) is 2. The summed E-state index contributed by atoms with van der Waals surface area (Å²) in [7, 11) is 0.139. The normalized spacial score (nSPS) is 12.7. The fourth-order valence-corrected chi connectivity index (χ4v) is 2.58. The predicted octanol–water partition coefficient (Wildman–Crippen LogP) is 0.649. The number of aliphatic carboxylic acids is 1. The highest BCUT2D eigenvalue weighted by Gasteiger charge is 2.33. The number of unbranched alkanes of at least 4 members (excludes halogenated alkanes) is 1. The number of carboxylic acid groups (broad SMARTS) is 1. The van der Waals surface area contributed by atoms with Gasteiger partial charge in [-0.05, 0) is 31.3 Å². The summed E-state index contributed by atoms with van der Waals surface area (Å²) in [6.07, 6.45) is 1.43. The largest absolute Gasteiger partial charge is 0.497 e. The zero-order valence-electron chi connectivity index (χ0n) is 16.6. The summed E-state index contributed by atoms with van der Waals surface area (Å²) in [5.74, 6) is -0.496. The molecule has 0 radical (unpaired) electrons. The molecule has 1 aromatic rings. The fraction of sp³-hybridized carbons (Fsp3) is 0.556. The van der Waals surface area contributed by atoms with E-state index in [4.69, 9.17) is 25.3 Å². The molecule has 0 aliphatic carbocycles. The molecule has 1 aromatic carbocycles. The first kappa shape index (κ1) is 24.7. The van der Waals surface area contributed by atoms with E-state index < -0.39 is 24.7 Å². The third kappa shape index (κ3) is 10.1. The van der Waals surface area contributed by atoms with Gasteiger partial charge in [-0.15, -0.1) is 0 Å². The van der Waals surface area contributed by atoms with Crippen molar-refractivity contribution in [2.45, 2.75) is 37.5 Å². The maximum absolute atomic E-state index is 11.8. The van der Waals surface area contributed by atoms with Crippen molar-refractivity contribution in [3.05, 3.63) is 24.3 Å². The van der Waals surface area contributed by atoms with Crippen molar-refractivity contribution >= 4 is 24.8 Å². The van der Waals surface area contributed by atoms with Gasteiger partial charge in [-0.2, -0.15) is 0 Å². The summed E-state index contributed by atoms with van der Waals surface area (Å²) in [4.78, 5) is 23.3. The Balaban J connectivity index is 2.23. The van der Waals surface area contributed by atoms with E-state index in [1.807, 2.05) is 0 Å². The number of methoxy groups -OCH3 is 1. The van der Waals surface area contributed by atoms with Crippen molar-refractivity contribution in [1.82, 2.24) is 5.32 Å². The molecule has 1 unspecified atom stereocenters. The van der Waals surface area contributed by atoms with Gasteiger partial charge in [0, 0.05) is 24.9 Å². The monoisotopic (exact) mass is 411 g/mol. The maximum atomic E-state index is 11.8. The first-order valence-corrected chi connectivity index (χ1v) is 9.42. The molecule has 1 rings (SSSR count). The van der Waals surface area contributed by atoms with Gasteiger partial charge in [0.1, 0.15) is 11.3 Å². The number of rotatable bonds is 14. The number of urea groups is 1. The molecule has 29 heavy (non-hydrogen) atoms. The second-order valence-electron chi connectivity index (χ2n) is 6.66. The van der Waals surface area contributed by atoms with Crippen molar-refractivity contribution in [2.75, 3.05) is 32.2 Å². The van der Waals surface area contributed by atoms with Crippen molar-refractivity contribution in [3.8, 4) is 5.75 Å². The van der Waals surface area contributed by atoms with E-state index in [0.717, 1.165) is 0 Å². The highest BCUT2D eigenvalue weighted by atomic mass is 16.5. The quantitative estimate of drug-likeness (QED) is 0.192. The highest BCUT2D eigenvalue weighted by molar-refractivity contribution is 6.40. The van der Waals surface area contributed by atoms with Crippen LogP contribution in [0.15, 0.2) is 24.3 Å². The Bertz CT molecular complexity index is 648. The van der Waals surface area contributed by atoms with Crippen molar-refractivity contribution < 1.29 is 34.2 Å². The Labute approximate surface area is 170 Å². The van der Waals surface area contributed by atoms with E-state index in [9.17, 15) is 14.7 Å². The lowest BCUT2D eigenvalue weighted by Gasteiger charge is -2.24. The van der Waals surface area contributed by atoms with Crippen LogP contribution in [0.3, 0.4) is 0 Å². The number of hydrogen-bond donors (Lipinski definition) is 6. The first-order chi connectivity index (χ1) is 13.8. The molecular formula is C18H30BN3O7. The van der Waals surface area contributed by atoms with Gasteiger partial charge in [-0.1, -0.05) is 18.9 Å². The number of nitrogens with two attached hydrogens (primary N) is 1. The highest BCUT2D eigenvalue weighted by Crippen LogP contribution is 2.18. The van der Waals surface area contributed by atoms with E-state index >= 15 is 0 Å². The molecule has 10 nitrogen and oxygen atoms in total. The fourth-order valence-electron chi connectivity index (χ4n) is 2.58. The second kappa shape index (κ2) is 13.0. The molecule has 0 aliphatic heterocycles. The first-order valence-electron chi connectivity index (χ1n) is 9.42. The number of carbonyl (C=O) groups excluding carboxylic acids is 1. The topological polar surface area (TPSA) is 163 Å². The molecule has 2 amide bonds. The minimum absolute atomic E-state index is 0.111. The molecule has 0 fully saturated rings. The van der Waals surface area contributed by atoms with Crippen LogP contribution in [0.4, 0.5) is 10.5 Å². The summed E-state index contributed by atoms with van der Waals surface area (Å²) in [5, 5.41) is 32.3. The Morgan fingerprint density at radius 2 is 1.97 bits per heavy atom. The number of ether oxygens (including phenoxy) is 2. The van der Waals surface area contributed by atoms with E-state index in [2.05, 4.69) is 10.6 Å². The van der Waals surface area contributed by atoms with Crippen LogP contribution in [-0.2, 0) is 9.53 Å². The zero-order valence-corrected chi connectivity index (χ0v) is 16.6. The lowest BCUT2D eigenvalue weighted by Crippen LogP contribution is -2.49. The molecule has 7 N–H and O–H groups in total. The van der Waals surface area contributed by atoms with Gasteiger partial charge in [0.15, 0.2) is 0 Å². The maximum Gasteiger partial charge on any atom is 0.451 e. The van der Waals surface area contributed by atoms with Crippen LogP contribution in [-0.4, -0.2) is 66.7 Å². The number of carbonyl (C=O) groups is 2. The molecule has 162 valence electrons. The van der Waals surface area contributed by atoms with Crippen LogP contribution < -0.4 is 21.1 Å². The van der Waals surface area contributed by atoms with Crippen molar-refractivity contribution in [3.63, 3.8) is 0 Å². The smallest absolute Gasteiger partial charge is 0.451 e. The third-order valence-corrected chi connectivity index (χ3v) is 4.31. The molecule has 1 atom stereocenters. The minimum atomic E-state index is -1.43. The molecule has 11 heteroatoms. The number of carboxylic acids is 1. The van der Waals surface area contributed by atoms with Gasteiger partial charge in [0.25, 0.3) is 0 Å². The minimum Gasteiger partial charge on any atom is -0.497 e. The SMILES string of the molecule is COc1cccc(NC(=O)NCCOCCC(N)(CCCCB(O)O)C(=O)O)c1. The average molecular weight is 411 g/mol. The molecule has 0 spiro atoms. The number of hydrogen-bond acceptors (Lipinski definition) is 7. The van der Waals surface area contributed by atoms with E-state index in [-0.39, 0.29) is 38.9 Å². The number of amides is 2. The van der Waals surface area contributed by atoms with Gasteiger partial charge in [-0.25, -0.2) is 4.79 Å². The summed E-state index contributed by atoms with van der Waals surface area (Å²) in [6, 6.07) is 6.54. The molecule has 0 saturated heterocycles. The average Bonchev–Trinajstić information content (AvgIpc) is 2.67. The van der Waals surface area contributed by atoms with Crippen LogP contribution in [0, 0.1) is 0 Å². The number of benzene rings is 1. The van der Waals surface area contributed by atoms with Crippen LogP contribution in [0.5, 0.6) is 5.75 Å². The predicted molar refractivity (Wildman–Crippen MR) is 109 cm³/mol. The molecular weight excluding hydrogens is 381 g/mol. The molecule has 0 heterocycles. The Hall–Kier alpha value is -2.34. The molecule has 0 saturated carbocycles. The van der Waals surface area contributed by atoms with Gasteiger partial charge < -0.3 is 41.0 Å². The van der Waals surface area contributed by atoms with E-state index in [0.29, 0.717) is 24.3 Å². The Morgan fingerprint density at radius 3 is 2.62 bits per heavy atom. The molecule has 0 bridgehead atoms. The molecule has 0 aromatic heterocycles. The van der Waals surface area contributed by atoms with Gasteiger partial charge in [-0.3, -0.25) is 4.79 Å². The molecule has 0 aliphatic rings. The van der Waals surface area contributed by atoms with Gasteiger partial charge in [0.05, 0.1) is 13.7 Å². The van der Waals surface area contributed by atoms with Crippen LogP contribution in [0.2, 0.25) is 6.32 Å². The number of anilines is 1. The third-order valence-electron chi connectivity index (χ3n) is 4.31. The van der Waals surface area contributed by atoms with Crippen molar-refractivity contribution in [2.24, 2.45) is 5.73 Å². The summed E-state index contributed by atoms with van der Waals surface area (Å²) >= 11 is 0. The Morgan fingerprint density at radius 1 is 1.21 bits per heavy atom. The second-order valence-corrected chi connectivity index (χ2v) is 6.66. The summed E-state index contributed by atoms with van der Waals surface area (Å²) in [5.41, 5.74) is 5.09. The standard InChI is InChI=1S/C18H30BN3O7/c1-28-15-6-4-5-14(13-15)22-17(25)21-10-12-29-11-8-18(20,16(23)24)7-2-3-9-19(26)27/h4-6,13,26-27H,2-3,7-12,20H2,1H3,(H,23,24)(H2,21,22,25). The Kier molecular flexibility index (Phi) is 11.1. The lowest BCUT2D eigenvalue weighted by atomic mass is 9.81. The van der Waals surface area contributed by atoms with Crippen LogP contribution in [0.1, 0.15) is 25.7 Å². The van der Waals surface area contributed by atoms with Gasteiger partial charge in [0.2, 0.25) is 0 Å². The van der Waals surface area contributed by atoms with Crippen LogP contribution >= 0.6 is 0 Å². The summed E-state index contributed by atoms with van der Waals surface area (Å²) in [6.45, 7) is 0.581. The zero-order chi connectivity index (χ0) is 21.7. The van der Waals surface area contributed by atoms with Gasteiger partial charge >= 0.3 is 19.1 Å². The van der Waals surface area contributed by atoms with Crippen molar-refractivity contribution in [1.29, 1.82) is 0 Å². The lowest BCUT2D eigenvalue weighted by molar-refractivity contribution is -0.144. The summed E-state index contributed by atoms with van der Waals surface area (Å²) < 4.78 is 10.5.